The van der Waals surface area contributed by atoms with Crippen molar-refractivity contribution in [1.82, 2.24) is 0 Å². The van der Waals surface area contributed by atoms with E-state index in [-0.39, 0.29) is 11.8 Å². The van der Waals surface area contributed by atoms with Crippen LogP contribution in [0.2, 0.25) is 0 Å². The Kier molecular flexibility index (Phi) is 2.65. The monoisotopic (exact) mass is 252 g/mol. The van der Waals surface area contributed by atoms with Crippen molar-refractivity contribution >= 4 is 11.9 Å². The van der Waals surface area contributed by atoms with Gasteiger partial charge in [-0.25, -0.2) is 0 Å². The Morgan fingerprint density at radius 3 is 1.78 bits per heavy atom. The molecule has 0 aromatic carbocycles. The Morgan fingerprint density at radius 2 is 1.44 bits per heavy atom. The van der Waals surface area contributed by atoms with Crippen LogP contribution >= 0.6 is 0 Å². The lowest BCUT2D eigenvalue weighted by atomic mass is 9.46. The molecule has 1 unspecified atom stereocenters. The lowest BCUT2D eigenvalue weighted by Crippen LogP contribution is -2.51. The summed E-state index contributed by atoms with van der Waals surface area (Å²) < 4.78 is 0. The van der Waals surface area contributed by atoms with Crippen LogP contribution in [-0.4, -0.2) is 22.2 Å². The Bertz CT molecular complexity index is 352. The third kappa shape index (κ3) is 1.82. The van der Waals surface area contributed by atoms with E-state index in [0.29, 0.717) is 17.8 Å². The molecule has 4 aliphatic carbocycles. The fourth-order valence-electron chi connectivity index (χ4n) is 5.34. The normalized spacial score (nSPS) is 42.8. The predicted molar refractivity (Wildman–Crippen MR) is 64.0 cm³/mol. The average molecular weight is 252 g/mol. The molecule has 0 aliphatic heterocycles. The molecule has 1 atom stereocenters. The maximum Gasteiger partial charge on any atom is 0.307 e. The van der Waals surface area contributed by atoms with Gasteiger partial charge in [0.1, 0.15) is 0 Å². The minimum atomic E-state index is -0.974. The number of aliphatic carboxylic acids is 2. The van der Waals surface area contributed by atoms with Gasteiger partial charge in [0.2, 0.25) is 0 Å². The Morgan fingerprint density at radius 1 is 1.00 bits per heavy atom. The third-order valence-electron chi connectivity index (χ3n) is 5.50. The Balaban J connectivity index is 1.88. The minimum absolute atomic E-state index is 0.207. The minimum Gasteiger partial charge on any atom is -0.481 e. The Hall–Kier alpha value is -1.06. The largest absolute Gasteiger partial charge is 0.481 e. The highest BCUT2D eigenvalue weighted by Gasteiger charge is 2.56. The van der Waals surface area contributed by atoms with Crippen molar-refractivity contribution in [2.24, 2.45) is 29.1 Å². The van der Waals surface area contributed by atoms with E-state index in [1.807, 2.05) is 0 Å². The van der Waals surface area contributed by atoms with E-state index in [9.17, 15) is 14.7 Å². The van der Waals surface area contributed by atoms with Crippen molar-refractivity contribution in [3.63, 3.8) is 0 Å². The first-order chi connectivity index (χ1) is 8.48. The van der Waals surface area contributed by atoms with Gasteiger partial charge in [0, 0.05) is 0 Å². The van der Waals surface area contributed by atoms with Crippen molar-refractivity contribution in [1.29, 1.82) is 0 Å². The molecular weight excluding hydrogens is 232 g/mol. The van der Waals surface area contributed by atoms with Gasteiger partial charge in [-0.3, -0.25) is 9.59 Å². The highest BCUT2D eigenvalue weighted by molar-refractivity contribution is 5.78. The first-order valence-electron chi connectivity index (χ1n) is 6.93. The molecule has 2 N–H and O–H groups in total. The van der Waals surface area contributed by atoms with E-state index in [0.717, 1.165) is 19.3 Å². The van der Waals surface area contributed by atoms with Crippen LogP contribution in [-0.2, 0) is 9.59 Å². The molecule has 0 amide bonds. The van der Waals surface area contributed by atoms with Gasteiger partial charge in [-0.2, -0.15) is 0 Å². The molecule has 0 radical (unpaired) electrons. The van der Waals surface area contributed by atoms with Crippen molar-refractivity contribution in [3.05, 3.63) is 0 Å². The summed E-state index contributed by atoms with van der Waals surface area (Å²) >= 11 is 0. The van der Waals surface area contributed by atoms with Crippen LogP contribution in [0.5, 0.6) is 0 Å². The molecule has 4 nitrogen and oxygen atoms in total. The summed E-state index contributed by atoms with van der Waals surface area (Å²) in [4.78, 5) is 22.4. The maximum atomic E-state index is 11.5. The number of rotatable bonds is 4. The standard InChI is InChI=1S/C14H20O4/c15-12(16)4-11(13(17)18)14-5-8-1-9(6-14)3-10(2-8)7-14/h8-11H,1-7H2,(H,15,16)(H,17,18). The van der Waals surface area contributed by atoms with Gasteiger partial charge >= 0.3 is 11.9 Å². The fraction of sp³-hybridized carbons (Fsp3) is 0.857. The number of hydrogen-bond donors (Lipinski definition) is 2. The van der Waals surface area contributed by atoms with Crippen molar-refractivity contribution in [2.75, 3.05) is 0 Å². The van der Waals surface area contributed by atoms with Gasteiger partial charge in [-0.05, 0) is 61.7 Å². The molecule has 0 heterocycles. The van der Waals surface area contributed by atoms with E-state index in [2.05, 4.69) is 0 Å². The molecule has 18 heavy (non-hydrogen) atoms. The molecule has 100 valence electrons. The van der Waals surface area contributed by atoms with E-state index in [4.69, 9.17) is 5.11 Å². The second-order valence-electron chi connectivity index (χ2n) is 6.77. The van der Waals surface area contributed by atoms with Gasteiger partial charge in [0.15, 0.2) is 0 Å². The van der Waals surface area contributed by atoms with E-state index in [1.54, 1.807) is 0 Å². The summed E-state index contributed by atoms with van der Waals surface area (Å²) in [6.45, 7) is 0. The number of carboxylic acids is 2. The van der Waals surface area contributed by atoms with E-state index >= 15 is 0 Å². The summed E-state index contributed by atoms with van der Waals surface area (Å²) in [5, 5.41) is 18.4. The lowest BCUT2D eigenvalue weighted by Gasteiger charge is -2.58. The average Bonchev–Trinajstić information content (AvgIpc) is 2.23. The quantitative estimate of drug-likeness (QED) is 0.805. The molecule has 4 fully saturated rings. The van der Waals surface area contributed by atoms with Crippen LogP contribution in [0.3, 0.4) is 0 Å². The van der Waals surface area contributed by atoms with Gasteiger partial charge < -0.3 is 10.2 Å². The van der Waals surface area contributed by atoms with E-state index in [1.165, 1.54) is 19.3 Å². The maximum absolute atomic E-state index is 11.5. The molecule has 0 aromatic rings. The molecule has 4 aliphatic rings. The van der Waals surface area contributed by atoms with Crippen LogP contribution in [0.15, 0.2) is 0 Å². The zero-order chi connectivity index (χ0) is 12.9. The van der Waals surface area contributed by atoms with Crippen molar-refractivity contribution in [2.45, 2.75) is 44.9 Å². The zero-order valence-electron chi connectivity index (χ0n) is 10.5. The van der Waals surface area contributed by atoms with Crippen LogP contribution in [0.1, 0.15) is 44.9 Å². The zero-order valence-corrected chi connectivity index (χ0v) is 10.5. The molecule has 4 bridgehead atoms. The smallest absolute Gasteiger partial charge is 0.307 e. The summed E-state index contributed by atoms with van der Waals surface area (Å²) in [5.74, 6) is -0.577. The highest BCUT2D eigenvalue weighted by Crippen LogP contribution is 2.63. The number of carbonyl (C=O) groups is 2. The SMILES string of the molecule is O=C(O)CC(C(=O)O)C12CC3CC(CC(C3)C1)C2. The third-order valence-corrected chi connectivity index (χ3v) is 5.50. The molecule has 4 heteroatoms. The summed E-state index contributed by atoms with van der Waals surface area (Å²) in [7, 11) is 0. The van der Waals surface area contributed by atoms with E-state index < -0.39 is 17.9 Å². The molecule has 0 spiro atoms. The highest BCUT2D eigenvalue weighted by atomic mass is 16.4. The summed E-state index contributed by atoms with van der Waals surface area (Å²) in [5.41, 5.74) is -0.209. The molecule has 0 saturated heterocycles. The summed E-state index contributed by atoms with van der Waals surface area (Å²) in [6, 6.07) is 0. The van der Waals surface area contributed by atoms with Gasteiger partial charge in [0.25, 0.3) is 0 Å². The molecule has 0 aromatic heterocycles. The molecular formula is C14H20O4. The van der Waals surface area contributed by atoms with Crippen LogP contribution in [0.4, 0.5) is 0 Å². The number of carboxylic acid groups (broad SMARTS) is 2. The van der Waals surface area contributed by atoms with Gasteiger partial charge in [-0.1, -0.05) is 0 Å². The lowest BCUT2D eigenvalue weighted by molar-refractivity contribution is -0.164. The topological polar surface area (TPSA) is 74.6 Å². The van der Waals surface area contributed by atoms with Crippen molar-refractivity contribution < 1.29 is 19.8 Å². The first-order valence-corrected chi connectivity index (χ1v) is 6.93. The van der Waals surface area contributed by atoms with Crippen LogP contribution in [0.25, 0.3) is 0 Å². The van der Waals surface area contributed by atoms with Crippen molar-refractivity contribution in [3.8, 4) is 0 Å². The summed E-state index contributed by atoms with van der Waals surface area (Å²) in [6.07, 6.45) is 6.38. The fourth-order valence-corrected chi connectivity index (χ4v) is 5.34. The second kappa shape index (κ2) is 3.97. The predicted octanol–water partition coefficient (Wildman–Crippen LogP) is 2.38. The first kappa shape index (κ1) is 12.0. The number of hydrogen-bond acceptors (Lipinski definition) is 2. The van der Waals surface area contributed by atoms with Gasteiger partial charge in [0.05, 0.1) is 12.3 Å². The molecule has 4 saturated carbocycles. The second-order valence-corrected chi connectivity index (χ2v) is 6.77. The molecule has 4 rings (SSSR count). The Labute approximate surface area is 106 Å². The van der Waals surface area contributed by atoms with Crippen LogP contribution in [0, 0.1) is 29.1 Å². The van der Waals surface area contributed by atoms with Gasteiger partial charge in [-0.15, -0.1) is 0 Å². The van der Waals surface area contributed by atoms with Crippen LogP contribution < -0.4 is 0 Å².